The van der Waals surface area contributed by atoms with Crippen LogP contribution in [0.4, 0.5) is 5.69 Å². The Morgan fingerprint density at radius 2 is 1.81 bits per heavy atom. The number of nitrogen functional groups attached to an aromatic ring is 1. The third kappa shape index (κ3) is 2.92. The van der Waals surface area contributed by atoms with E-state index < -0.39 is 0 Å². The lowest BCUT2D eigenvalue weighted by Gasteiger charge is -2.26. The molecule has 1 aliphatic heterocycles. The predicted octanol–water partition coefficient (Wildman–Crippen LogP) is 3.31. The highest BCUT2D eigenvalue weighted by molar-refractivity contribution is 5.96. The molecule has 1 heterocycles. The number of para-hydroxylation sites is 1. The van der Waals surface area contributed by atoms with Gasteiger partial charge in [0, 0.05) is 24.3 Å². The van der Waals surface area contributed by atoms with Crippen LogP contribution in [0.3, 0.4) is 0 Å². The summed E-state index contributed by atoms with van der Waals surface area (Å²) in [5.74, 6) is 0.147. The summed E-state index contributed by atoms with van der Waals surface area (Å²) in [7, 11) is 0. The van der Waals surface area contributed by atoms with E-state index in [1.807, 2.05) is 18.2 Å². The summed E-state index contributed by atoms with van der Waals surface area (Å²) < 4.78 is 0. The highest BCUT2D eigenvalue weighted by atomic mass is 15.1. The van der Waals surface area contributed by atoms with Gasteiger partial charge in [0.2, 0.25) is 0 Å². The summed E-state index contributed by atoms with van der Waals surface area (Å²) in [6.45, 7) is 1.87. The highest BCUT2D eigenvalue weighted by Crippen LogP contribution is 2.28. The van der Waals surface area contributed by atoms with Crippen molar-refractivity contribution in [1.82, 2.24) is 0 Å². The molecule has 0 fully saturated rings. The third-order valence-electron chi connectivity index (χ3n) is 4.13. The zero-order valence-corrected chi connectivity index (χ0v) is 12.2. The molecule has 3 nitrogen and oxygen atoms in total. The van der Waals surface area contributed by atoms with Gasteiger partial charge in [-0.2, -0.15) is 0 Å². The number of nitrogens with two attached hydrogens (primary N) is 1. The standard InChI is InChI=1S/C18H21N3/c19-18(20)16-10-3-1-9-15(16)13-21-12-6-5-8-14-7-2-4-11-17(14)21/h1-4,7,9-11H,5-6,8,12-13H2,(H3,19,20). The molecule has 0 radical (unpaired) electrons. The van der Waals surface area contributed by atoms with Crippen LogP contribution in [0.5, 0.6) is 0 Å². The van der Waals surface area contributed by atoms with Crippen LogP contribution < -0.4 is 10.6 Å². The van der Waals surface area contributed by atoms with E-state index in [1.165, 1.54) is 24.1 Å². The number of nitrogens with zero attached hydrogens (tertiary/aromatic N) is 1. The number of aryl methyl sites for hydroxylation is 1. The normalized spacial score (nSPS) is 14.4. The SMILES string of the molecule is N=C(N)c1ccccc1CN1CCCCc2ccccc21. The average molecular weight is 279 g/mol. The first-order valence-electron chi connectivity index (χ1n) is 7.51. The van der Waals surface area contributed by atoms with Crippen LogP contribution >= 0.6 is 0 Å². The van der Waals surface area contributed by atoms with Gasteiger partial charge in [-0.3, -0.25) is 5.41 Å². The fourth-order valence-electron chi connectivity index (χ4n) is 3.06. The van der Waals surface area contributed by atoms with Crippen LogP contribution in [0.1, 0.15) is 29.5 Å². The van der Waals surface area contributed by atoms with Crippen LogP contribution in [0.25, 0.3) is 0 Å². The van der Waals surface area contributed by atoms with Crippen LogP contribution in [0.2, 0.25) is 0 Å². The molecule has 3 N–H and O–H groups in total. The van der Waals surface area contributed by atoms with Crippen molar-refractivity contribution in [3.63, 3.8) is 0 Å². The second-order valence-electron chi connectivity index (χ2n) is 5.58. The number of hydrogen-bond donors (Lipinski definition) is 2. The van der Waals surface area contributed by atoms with Crippen LogP contribution in [0.15, 0.2) is 48.5 Å². The summed E-state index contributed by atoms with van der Waals surface area (Å²) in [5, 5.41) is 7.74. The van der Waals surface area contributed by atoms with Gasteiger partial charge in [-0.25, -0.2) is 0 Å². The molecule has 0 unspecified atom stereocenters. The monoisotopic (exact) mass is 279 g/mol. The van der Waals surface area contributed by atoms with E-state index in [9.17, 15) is 0 Å². The predicted molar refractivity (Wildman–Crippen MR) is 87.9 cm³/mol. The molecule has 0 spiro atoms. The topological polar surface area (TPSA) is 53.1 Å². The fourth-order valence-corrected chi connectivity index (χ4v) is 3.06. The van der Waals surface area contributed by atoms with Gasteiger partial charge in [-0.15, -0.1) is 0 Å². The number of nitrogens with one attached hydrogen (secondary N) is 1. The molecule has 0 aromatic heterocycles. The van der Waals surface area contributed by atoms with Crippen molar-refractivity contribution < 1.29 is 0 Å². The second kappa shape index (κ2) is 6.00. The lowest BCUT2D eigenvalue weighted by molar-refractivity contribution is 0.714. The van der Waals surface area contributed by atoms with E-state index in [0.717, 1.165) is 30.6 Å². The summed E-state index contributed by atoms with van der Waals surface area (Å²) in [5.41, 5.74) is 10.4. The minimum atomic E-state index is 0.147. The minimum absolute atomic E-state index is 0.147. The van der Waals surface area contributed by atoms with Gasteiger partial charge in [-0.05, 0) is 36.5 Å². The quantitative estimate of drug-likeness (QED) is 0.669. The van der Waals surface area contributed by atoms with Gasteiger partial charge in [0.25, 0.3) is 0 Å². The fraction of sp³-hybridized carbons (Fsp3) is 0.278. The van der Waals surface area contributed by atoms with Crippen molar-refractivity contribution in [3.8, 4) is 0 Å². The number of anilines is 1. The largest absolute Gasteiger partial charge is 0.384 e. The average Bonchev–Trinajstić information content (AvgIpc) is 2.70. The molecule has 3 heteroatoms. The summed E-state index contributed by atoms with van der Waals surface area (Å²) in [4.78, 5) is 2.42. The van der Waals surface area contributed by atoms with E-state index in [-0.39, 0.29) is 5.84 Å². The lowest BCUT2D eigenvalue weighted by Crippen LogP contribution is -2.25. The van der Waals surface area contributed by atoms with Crippen molar-refractivity contribution >= 4 is 11.5 Å². The Morgan fingerprint density at radius 1 is 1.05 bits per heavy atom. The van der Waals surface area contributed by atoms with Gasteiger partial charge in [0.1, 0.15) is 5.84 Å². The third-order valence-corrected chi connectivity index (χ3v) is 4.13. The molecular formula is C18H21N3. The molecule has 0 amide bonds. The number of hydrogen-bond acceptors (Lipinski definition) is 2. The number of fused-ring (bicyclic) bond motifs is 1. The van der Waals surface area contributed by atoms with Gasteiger partial charge in [-0.1, -0.05) is 42.5 Å². The van der Waals surface area contributed by atoms with E-state index in [1.54, 1.807) is 0 Å². The van der Waals surface area contributed by atoms with Crippen molar-refractivity contribution in [2.75, 3.05) is 11.4 Å². The van der Waals surface area contributed by atoms with E-state index in [2.05, 4.69) is 35.2 Å². The molecule has 0 atom stereocenters. The van der Waals surface area contributed by atoms with E-state index in [4.69, 9.17) is 11.1 Å². The van der Waals surface area contributed by atoms with Gasteiger partial charge in [0.15, 0.2) is 0 Å². The molecule has 0 bridgehead atoms. The Balaban J connectivity index is 1.93. The molecule has 3 rings (SSSR count). The number of amidine groups is 1. The maximum Gasteiger partial charge on any atom is 0.123 e. The smallest absolute Gasteiger partial charge is 0.123 e. The molecule has 21 heavy (non-hydrogen) atoms. The molecular weight excluding hydrogens is 258 g/mol. The lowest BCUT2D eigenvalue weighted by atomic mass is 10.0. The summed E-state index contributed by atoms with van der Waals surface area (Å²) >= 11 is 0. The molecule has 108 valence electrons. The van der Waals surface area contributed by atoms with Gasteiger partial charge >= 0.3 is 0 Å². The molecule has 0 saturated heterocycles. The minimum Gasteiger partial charge on any atom is -0.384 e. The zero-order valence-electron chi connectivity index (χ0n) is 12.2. The summed E-state index contributed by atoms with van der Waals surface area (Å²) in [6, 6.07) is 16.6. The first-order valence-corrected chi connectivity index (χ1v) is 7.51. The molecule has 1 aliphatic rings. The zero-order chi connectivity index (χ0) is 14.7. The first-order chi connectivity index (χ1) is 10.3. The van der Waals surface area contributed by atoms with E-state index >= 15 is 0 Å². The Hall–Kier alpha value is -2.29. The summed E-state index contributed by atoms with van der Waals surface area (Å²) in [6.07, 6.45) is 3.60. The van der Waals surface area contributed by atoms with Crippen LogP contribution in [0, 0.1) is 5.41 Å². The molecule has 2 aromatic rings. The Morgan fingerprint density at radius 3 is 2.67 bits per heavy atom. The Kier molecular flexibility index (Phi) is 3.91. The number of rotatable bonds is 3. The van der Waals surface area contributed by atoms with Crippen molar-refractivity contribution in [3.05, 3.63) is 65.2 Å². The first kappa shape index (κ1) is 13.7. The van der Waals surface area contributed by atoms with Crippen LogP contribution in [-0.4, -0.2) is 12.4 Å². The maximum atomic E-state index is 7.74. The van der Waals surface area contributed by atoms with E-state index in [0.29, 0.717) is 0 Å². The number of benzene rings is 2. The molecule has 0 saturated carbocycles. The maximum absolute atomic E-state index is 7.74. The second-order valence-corrected chi connectivity index (χ2v) is 5.58. The molecule has 0 aliphatic carbocycles. The Bertz CT molecular complexity index is 648. The highest BCUT2D eigenvalue weighted by Gasteiger charge is 2.16. The Labute approximate surface area is 125 Å². The van der Waals surface area contributed by atoms with Gasteiger partial charge < -0.3 is 10.6 Å². The van der Waals surface area contributed by atoms with Crippen molar-refractivity contribution in [2.24, 2.45) is 5.73 Å². The van der Waals surface area contributed by atoms with Gasteiger partial charge in [0.05, 0.1) is 0 Å². The van der Waals surface area contributed by atoms with Crippen molar-refractivity contribution in [1.29, 1.82) is 5.41 Å². The molecule has 2 aromatic carbocycles. The van der Waals surface area contributed by atoms with Crippen molar-refractivity contribution in [2.45, 2.75) is 25.8 Å². The van der Waals surface area contributed by atoms with Crippen LogP contribution in [-0.2, 0) is 13.0 Å².